The van der Waals surface area contributed by atoms with Gasteiger partial charge in [-0.15, -0.1) is 10.0 Å². The predicted octanol–water partition coefficient (Wildman–Crippen LogP) is 1.61. The van der Waals surface area contributed by atoms with Gasteiger partial charge in [0.15, 0.2) is 5.82 Å². The van der Waals surface area contributed by atoms with Crippen LogP contribution in [0.25, 0.3) is 5.57 Å². The van der Waals surface area contributed by atoms with Crippen LogP contribution in [0.1, 0.15) is 5.56 Å². The van der Waals surface area contributed by atoms with Gasteiger partial charge in [-0.2, -0.15) is 0 Å². The number of hydrogen-bond donors (Lipinski definition) is 1. The quantitative estimate of drug-likeness (QED) is 0.633. The second kappa shape index (κ2) is 2.48. The summed E-state index contributed by atoms with van der Waals surface area (Å²) >= 11 is 0. The number of allylic oxidation sites excluding steroid dienone is 2. The van der Waals surface area contributed by atoms with Crippen LogP contribution < -0.4 is 5.32 Å². The van der Waals surface area contributed by atoms with E-state index in [2.05, 4.69) is 17.0 Å². The van der Waals surface area contributed by atoms with Crippen molar-refractivity contribution >= 4 is 11.4 Å². The van der Waals surface area contributed by atoms with Crippen molar-refractivity contribution in [3.05, 3.63) is 30.5 Å². The summed E-state index contributed by atoms with van der Waals surface area (Å²) in [6.45, 7) is 4.44. The summed E-state index contributed by atoms with van der Waals surface area (Å²) in [5.41, 5.74) is 1.49. The van der Waals surface area contributed by atoms with Crippen molar-refractivity contribution in [2.45, 2.75) is 0 Å². The molecule has 0 aromatic carbocycles. The standard InChI is InChI=1S/C8H8FN3/c1-6-3-2-4-10-8-7(6)5-12(9)11-8/h2-3,5H,1,4H2,(H,10,11). The Morgan fingerprint density at radius 3 is 3.33 bits per heavy atom. The van der Waals surface area contributed by atoms with Crippen LogP contribution in [0.2, 0.25) is 0 Å². The lowest BCUT2D eigenvalue weighted by atomic mass is 10.1. The van der Waals surface area contributed by atoms with E-state index in [1.807, 2.05) is 12.2 Å². The first-order chi connectivity index (χ1) is 5.77. The molecule has 0 radical (unpaired) electrons. The molecule has 0 unspecified atom stereocenters. The van der Waals surface area contributed by atoms with Crippen molar-refractivity contribution in [3.8, 4) is 0 Å². The Morgan fingerprint density at radius 2 is 2.50 bits per heavy atom. The number of halogens is 1. The van der Waals surface area contributed by atoms with Gasteiger partial charge in [-0.05, 0) is 5.57 Å². The highest BCUT2D eigenvalue weighted by Gasteiger charge is 2.11. The topological polar surface area (TPSA) is 29.9 Å². The van der Waals surface area contributed by atoms with E-state index in [0.29, 0.717) is 22.8 Å². The fourth-order valence-corrected chi connectivity index (χ4v) is 1.16. The Morgan fingerprint density at radius 1 is 1.67 bits per heavy atom. The van der Waals surface area contributed by atoms with Gasteiger partial charge < -0.3 is 5.32 Å². The molecule has 2 rings (SSSR count). The van der Waals surface area contributed by atoms with Crippen LogP contribution in [0.15, 0.2) is 24.9 Å². The average molecular weight is 165 g/mol. The van der Waals surface area contributed by atoms with Crippen molar-refractivity contribution in [1.29, 1.82) is 0 Å². The van der Waals surface area contributed by atoms with Crippen molar-refractivity contribution in [1.82, 2.24) is 10.0 Å². The molecular formula is C8H8FN3. The minimum absolute atomic E-state index is 0.294. The molecule has 1 aliphatic heterocycles. The normalized spacial score (nSPS) is 15.2. The first-order valence-electron chi connectivity index (χ1n) is 3.63. The number of hydrogen-bond acceptors (Lipinski definition) is 2. The van der Waals surface area contributed by atoms with Gasteiger partial charge >= 0.3 is 0 Å². The second-order valence-electron chi connectivity index (χ2n) is 2.59. The molecule has 0 spiro atoms. The monoisotopic (exact) mass is 165 g/mol. The molecule has 0 saturated heterocycles. The van der Waals surface area contributed by atoms with E-state index in [-0.39, 0.29) is 0 Å². The summed E-state index contributed by atoms with van der Waals surface area (Å²) in [5, 5.41) is 6.56. The lowest BCUT2D eigenvalue weighted by Crippen LogP contribution is -1.98. The first-order valence-corrected chi connectivity index (χ1v) is 3.63. The van der Waals surface area contributed by atoms with E-state index >= 15 is 0 Å². The third-order valence-electron chi connectivity index (χ3n) is 1.74. The maximum atomic E-state index is 12.6. The van der Waals surface area contributed by atoms with Crippen molar-refractivity contribution in [2.24, 2.45) is 0 Å². The molecule has 4 heteroatoms. The minimum atomic E-state index is 0.294. The highest BCUT2D eigenvalue weighted by molar-refractivity contribution is 5.79. The summed E-state index contributed by atoms with van der Waals surface area (Å²) in [6.07, 6.45) is 5.08. The van der Waals surface area contributed by atoms with Crippen molar-refractivity contribution in [3.63, 3.8) is 0 Å². The van der Waals surface area contributed by atoms with Crippen LogP contribution in [-0.4, -0.2) is 16.5 Å². The van der Waals surface area contributed by atoms with Crippen LogP contribution in [0, 0.1) is 0 Å². The average Bonchev–Trinajstić information content (AvgIpc) is 2.33. The predicted molar refractivity (Wildman–Crippen MR) is 45.4 cm³/mol. The van der Waals surface area contributed by atoms with Crippen molar-refractivity contribution < 1.29 is 4.48 Å². The highest BCUT2D eigenvalue weighted by atomic mass is 19.2. The molecule has 0 amide bonds. The van der Waals surface area contributed by atoms with E-state index in [9.17, 15) is 4.48 Å². The minimum Gasteiger partial charge on any atom is -0.365 e. The molecule has 0 atom stereocenters. The maximum absolute atomic E-state index is 12.6. The van der Waals surface area contributed by atoms with Gasteiger partial charge in [0.1, 0.15) is 0 Å². The molecule has 0 saturated carbocycles. The molecule has 1 aromatic rings. The Balaban J connectivity index is 2.52. The third kappa shape index (κ3) is 1.01. The van der Waals surface area contributed by atoms with E-state index in [1.54, 1.807) is 0 Å². The molecule has 1 aliphatic rings. The van der Waals surface area contributed by atoms with Crippen LogP contribution in [0.3, 0.4) is 0 Å². The zero-order valence-electron chi connectivity index (χ0n) is 6.42. The Kier molecular flexibility index (Phi) is 1.46. The Labute approximate surface area is 69.1 Å². The van der Waals surface area contributed by atoms with Gasteiger partial charge in [0.05, 0.1) is 6.20 Å². The highest BCUT2D eigenvalue weighted by Crippen LogP contribution is 2.24. The van der Waals surface area contributed by atoms with E-state index in [1.165, 1.54) is 6.20 Å². The number of anilines is 1. The summed E-state index contributed by atoms with van der Waals surface area (Å²) in [7, 11) is 0. The van der Waals surface area contributed by atoms with Crippen LogP contribution >= 0.6 is 0 Å². The zero-order chi connectivity index (χ0) is 8.55. The molecule has 3 nitrogen and oxygen atoms in total. The first kappa shape index (κ1) is 7.09. The lowest BCUT2D eigenvalue weighted by molar-refractivity contribution is 0.317. The van der Waals surface area contributed by atoms with Gasteiger partial charge in [0.2, 0.25) is 0 Å². The number of nitrogens with zero attached hydrogens (tertiary/aromatic N) is 2. The fraction of sp³-hybridized carbons (Fsp3) is 0.125. The molecule has 12 heavy (non-hydrogen) atoms. The number of fused-ring (bicyclic) bond motifs is 1. The van der Waals surface area contributed by atoms with Crippen LogP contribution in [-0.2, 0) is 0 Å². The molecule has 1 aromatic heterocycles. The third-order valence-corrected chi connectivity index (χ3v) is 1.74. The SMILES string of the molecule is C=C1C=CCNc2nn(F)cc21. The number of nitrogens with one attached hydrogen (secondary N) is 1. The van der Waals surface area contributed by atoms with Crippen molar-refractivity contribution in [2.75, 3.05) is 11.9 Å². The maximum Gasteiger partial charge on any atom is 0.159 e. The fourth-order valence-electron chi connectivity index (χ4n) is 1.16. The van der Waals surface area contributed by atoms with Gasteiger partial charge in [-0.3, -0.25) is 0 Å². The molecule has 0 fully saturated rings. The molecule has 0 aliphatic carbocycles. The molecular weight excluding hydrogens is 157 g/mol. The van der Waals surface area contributed by atoms with E-state index in [4.69, 9.17) is 0 Å². The van der Waals surface area contributed by atoms with E-state index in [0.717, 1.165) is 5.57 Å². The Hall–Kier alpha value is -1.58. The molecule has 1 N–H and O–H groups in total. The Bertz CT molecular complexity index is 351. The van der Waals surface area contributed by atoms with E-state index < -0.39 is 0 Å². The van der Waals surface area contributed by atoms with Gasteiger partial charge in [0.25, 0.3) is 0 Å². The lowest BCUT2D eigenvalue weighted by Gasteiger charge is -1.96. The van der Waals surface area contributed by atoms with Gasteiger partial charge in [-0.1, -0.05) is 23.2 Å². The zero-order valence-corrected chi connectivity index (χ0v) is 6.42. The summed E-state index contributed by atoms with van der Waals surface area (Å²) in [5.74, 6) is 0.549. The molecule has 2 heterocycles. The largest absolute Gasteiger partial charge is 0.365 e. The second-order valence-corrected chi connectivity index (χ2v) is 2.59. The van der Waals surface area contributed by atoms with Crippen LogP contribution in [0.5, 0.6) is 0 Å². The summed E-state index contributed by atoms with van der Waals surface area (Å²) in [6, 6.07) is 0. The summed E-state index contributed by atoms with van der Waals surface area (Å²) in [4.78, 5) is 0.294. The van der Waals surface area contributed by atoms with Gasteiger partial charge in [0, 0.05) is 12.1 Å². The molecule has 0 bridgehead atoms. The molecule has 62 valence electrons. The van der Waals surface area contributed by atoms with Crippen LogP contribution in [0.4, 0.5) is 10.3 Å². The number of aromatic nitrogens is 2. The smallest absolute Gasteiger partial charge is 0.159 e. The summed E-state index contributed by atoms with van der Waals surface area (Å²) < 4.78 is 12.6. The van der Waals surface area contributed by atoms with Gasteiger partial charge in [-0.25, -0.2) is 0 Å². The number of rotatable bonds is 0.